The van der Waals surface area contributed by atoms with Gasteiger partial charge >= 0.3 is 0 Å². The summed E-state index contributed by atoms with van der Waals surface area (Å²) in [5.41, 5.74) is 0. The van der Waals surface area contributed by atoms with Crippen molar-refractivity contribution in [2.45, 2.75) is 51.0 Å². The number of rotatable bonds is 3. The van der Waals surface area contributed by atoms with Gasteiger partial charge < -0.3 is 15.5 Å². The van der Waals surface area contributed by atoms with Crippen LogP contribution in [0.5, 0.6) is 0 Å². The van der Waals surface area contributed by atoms with E-state index < -0.39 is 0 Å². The second-order valence-corrected chi connectivity index (χ2v) is 6.18. The van der Waals surface area contributed by atoms with Crippen LogP contribution in [0.25, 0.3) is 0 Å². The third-order valence-corrected chi connectivity index (χ3v) is 4.45. The SMILES string of the molecule is c1cc(N2CCCCCC2)nc(N[C@@H]2CCCCNC2)n1. The highest BCUT2D eigenvalue weighted by Crippen LogP contribution is 2.18. The lowest BCUT2D eigenvalue weighted by Crippen LogP contribution is -2.32. The Morgan fingerprint density at radius 3 is 2.81 bits per heavy atom. The Balaban J connectivity index is 1.64. The summed E-state index contributed by atoms with van der Waals surface area (Å²) in [4.78, 5) is 11.6. The molecule has 21 heavy (non-hydrogen) atoms. The molecule has 2 saturated heterocycles. The lowest BCUT2D eigenvalue weighted by Gasteiger charge is -2.22. The molecule has 0 amide bonds. The summed E-state index contributed by atoms with van der Waals surface area (Å²) in [6.07, 6.45) is 10.9. The van der Waals surface area contributed by atoms with Gasteiger partial charge in [0, 0.05) is 31.9 Å². The molecule has 3 heterocycles. The summed E-state index contributed by atoms with van der Waals surface area (Å²) in [5.74, 6) is 1.86. The summed E-state index contributed by atoms with van der Waals surface area (Å²) in [5, 5.41) is 6.98. The molecule has 0 saturated carbocycles. The predicted molar refractivity (Wildman–Crippen MR) is 86.8 cm³/mol. The van der Waals surface area contributed by atoms with Crippen LogP contribution in [-0.2, 0) is 0 Å². The fourth-order valence-corrected chi connectivity index (χ4v) is 3.22. The van der Waals surface area contributed by atoms with Gasteiger partial charge in [-0.15, -0.1) is 0 Å². The maximum atomic E-state index is 4.74. The molecule has 5 nitrogen and oxygen atoms in total. The Morgan fingerprint density at radius 2 is 1.95 bits per heavy atom. The molecule has 2 aliphatic heterocycles. The second-order valence-electron chi connectivity index (χ2n) is 6.18. The maximum absolute atomic E-state index is 4.74. The van der Waals surface area contributed by atoms with Gasteiger partial charge in [0.05, 0.1) is 0 Å². The first-order valence-electron chi connectivity index (χ1n) is 8.47. The van der Waals surface area contributed by atoms with Gasteiger partial charge in [-0.05, 0) is 38.3 Å². The van der Waals surface area contributed by atoms with Crippen molar-refractivity contribution in [2.75, 3.05) is 36.4 Å². The van der Waals surface area contributed by atoms with Crippen molar-refractivity contribution in [1.82, 2.24) is 15.3 Å². The second kappa shape index (κ2) is 7.59. The van der Waals surface area contributed by atoms with Crippen LogP contribution in [0.4, 0.5) is 11.8 Å². The van der Waals surface area contributed by atoms with Crippen LogP contribution in [-0.4, -0.2) is 42.2 Å². The number of anilines is 2. The summed E-state index contributed by atoms with van der Waals surface area (Å²) in [7, 11) is 0. The van der Waals surface area contributed by atoms with Crippen LogP contribution in [0.2, 0.25) is 0 Å². The third kappa shape index (κ3) is 4.30. The van der Waals surface area contributed by atoms with Gasteiger partial charge in [-0.1, -0.05) is 19.3 Å². The van der Waals surface area contributed by atoms with Crippen LogP contribution in [0.3, 0.4) is 0 Å². The first kappa shape index (κ1) is 14.6. The summed E-state index contributed by atoms with van der Waals surface area (Å²) in [6.45, 7) is 4.40. The third-order valence-electron chi connectivity index (χ3n) is 4.45. The highest BCUT2D eigenvalue weighted by atomic mass is 15.2. The molecule has 2 N–H and O–H groups in total. The summed E-state index contributed by atoms with van der Waals surface area (Å²) < 4.78 is 0. The van der Waals surface area contributed by atoms with Crippen molar-refractivity contribution in [3.8, 4) is 0 Å². The van der Waals surface area contributed by atoms with Crippen molar-refractivity contribution >= 4 is 11.8 Å². The van der Waals surface area contributed by atoms with Crippen LogP contribution >= 0.6 is 0 Å². The Labute approximate surface area is 127 Å². The largest absolute Gasteiger partial charge is 0.356 e. The standard InChI is InChI=1S/C16H27N5/c1-2-6-12-21(11-5-1)15-8-10-18-16(20-15)19-14-7-3-4-9-17-13-14/h8,10,14,17H,1-7,9,11-13H2,(H,18,19,20)/t14-/m1/s1. The lowest BCUT2D eigenvalue weighted by atomic mass is 10.1. The van der Waals surface area contributed by atoms with Crippen LogP contribution < -0.4 is 15.5 Å². The van der Waals surface area contributed by atoms with Gasteiger partial charge in [0.1, 0.15) is 5.82 Å². The zero-order valence-corrected chi connectivity index (χ0v) is 12.9. The van der Waals surface area contributed by atoms with E-state index in [0.29, 0.717) is 6.04 Å². The molecule has 0 unspecified atom stereocenters. The Bertz CT molecular complexity index is 420. The van der Waals surface area contributed by atoms with Crippen molar-refractivity contribution in [2.24, 2.45) is 0 Å². The lowest BCUT2D eigenvalue weighted by molar-refractivity contribution is 0.630. The monoisotopic (exact) mass is 289 g/mol. The number of hydrogen-bond donors (Lipinski definition) is 2. The average Bonchev–Trinajstić information content (AvgIpc) is 2.92. The van der Waals surface area contributed by atoms with Gasteiger partial charge in [-0.2, -0.15) is 4.98 Å². The van der Waals surface area contributed by atoms with E-state index in [9.17, 15) is 0 Å². The van der Waals surface area contributed by atoms with Gasteiger partial charge in [0.25, 0.3) is 0 Å². The van der Waals surface area contributed by atoms with E-state index in [1.165, 1.54) is 44.9 Å². The van der Waals surface area contributed by atoms with Crippen molar-refractivity contribution in [1.29, 1.82) is 0 Å². The molecular weight excluding hydrogens is 262 g/mol. The quantitative estimate of drug-likeness (QED) is 0.895. The topological polar surface area (TPSA) is 53.1 Å². The van der Waals surface area contributed by atoms with E-state index >= 15 is 0 Å². The Morgan fingerprint density at radius 1 is 1.10 bits per heavy atom. The van der Waals surface area contributed by atoms with E-state index in [4.69, 9.17) is 4.98 Å². The molecule has 1 aromatic heterocycles. The van der Waals surface area contributed by atoms with Gasteiger partial charge in [-0.25, -0.2) is 4.98 Å². The van der Waals surface area contributed by atoms with Gasteiger partial charge in [-0.3, -0.25) is 0 Å². The van der Waals surface area contributed by atoms with Gasteiger partial charge in [0.2, 0.25) is 5.95 Å². The number of aromatic nitrogens is 2. The zero-order chi connectivity index (χ0) is 14.3. The van der Waals surface area contributed by atoms with E-state index in [2.05, 4.69) is 20.5 Å². The molecule has 0 radical (unpaired) electrons. The van der Waals surface area contributed by atoms with E-state index in [1.807, 2.05) is 12.3 Å². The smallest absolute Gasteiger partial charge is 0.224 e. The van der Waals surface area contributed by atoms with Crippen molar-refractivity contribution in [3.05, 3.63) is 12.3 Å². The molecule has 0 aliphatic carbocycles. The van der Waals surface area contributed by atoms with Crippen LogP contribution in [0.15, 0.2) is 12.3 Å². The van der Waals surface area contributed by atoms with Crippen LogP contribution in [0, 0.1) is 0 Å². The molecule has 3 rings (SSSR count). The fourth-order valence-electron chi connectivity index (χ4n) is 3.22. The first-order chi connectivity index (χ1) is 10.4. The molecule has 2 fully saturated rings. The Kier molecular flexibility index (Phi) is 5.27. The molecule has 0 spiro atoms. The minimum absolute atomic E-state index is 0.451. The van der Waals surface area contributed by atoms with E-state index in [-0.39, 0.29) is 0 Å². The maximum Gasteiger partial charge on any atom is 0.224 e. The highest BCUT2D eigenvalue weighted by molar-refractivity contribution is 5.43. The minimum atomic E-state index is 0.451. The fraction of sp³-hybridized carbons (Fsp3) is 0.750. The normalized spacial score (nSPS) is 24.2. The Hall–Kier alpha value is -1.36. The predicted octanol–water partition coefficient (Wildman–Crippen LogP) is 2.41. The number of hydrogen-bond acceptors (Lipinski definition) is 5. The van der Waals surface area contributed by atoms with Crippen LogP contribution in [0.1, 0.15) is 44.9 Å². The molecule has 116 valence electrons. The molecular formula is C16H27N5. The molecule has 1 aromatic rings. The van der Waals surface area contributed by atoms with Gasteiger partial charge in [0.15, 0.2) is 0 Å². The van der Waals surface area contributed by atoms with E-state index in [1.54, 1.807) is 0 Å². The molecule has 0 bridgehead atoms. The number of nitrogens with one attached hydrogen (secondary N) is 2. The minimum Gasteiger partial charge on any atom is -0.356 e. The molecule has 5 heteroatoms. The zero-order valence-electron chi connectivity index (χ0n) is 12.9. The summed E-state index contributed by atoms with van der Waals surface area (Å²) in [6, 6.07) is 2.49. The summed E-state index contributed by atoms with van der Waals surface area (Å²) >= 11 is 0. The first-order valence-corrected chi connectivity index (χ1v) is 8.47. The highest BCUT2D eigenvalue weighted by Gasteiger charge is 2.15. The van der Waals surface area contributed by atoms with Crippen molar-refractivity contribution in [3.63, 3.8) is 0 Å². The molecule has 0 aromatic carbocycles. The molecule has 1 atom stereocenters. The molecule has 2 aliphatic rings. The van der Waals surface area contributed by atoms with E-state index in [0.717, 1.165) is 37.9 Å². The number of nitrogens with zero attached hydrogens (tertiary/aromatic N) is 3. The average molecular weight is 289 g/mol. The van der Waals surface area contributed by atoms with Crippen molar-refractivity contribution < 1.29 is 0 Å².